The molecule has 8 heteroatoms. The number of hydrogen-bond donors (Lipinski definition) is 2. The predicted molar refractivity (Wildman–Crippen MR) is 116 cm³/mol. The Morgan fingerprint density at radius 3 is 2.41 bits per heavy atom. The van der Waals surface area contributed by atoms with Crippen molar-refractivity contribution in [3.8, 4) is 5.75 Å². The average molecular weight is 433 g/mol. The molecule has 0 saturated carbocycles. The maximum atomic E-state index is 12.3. The minimum Gasteiger partial charge on any atom is -0.486 e. The summed E-state index contributed by atoms with van der Waals surface area (Å²) < 4.78 is 11.1. The van der Waals surface area contributed by atoms with Crippen LogP contribution in [0.4, 0.5) is 0 Å². The number of amides is 3. The smallest absolute Gasteiger partial charge is 0.305 e. The van der Waals surface area contributed by atoms with Crippen molar-refractivity contribution < 1.29 is 23.5 Å². The Morgan fingerprint density at radius 2 is 1.69 bits per heavy atom. The zero-order valence-electron chi connectivity index (χ0n) is 17.4. The number of nitrogens with zero attached hydrogens (tertiary/aromatic N) is 1. The molecule has 2 aromatic carbocycles. The van der Waals surface area contributed by atoms with Gasteiger partial charge in [-0.25, -0.2) is 0 Å². The van der Waals surface area contributed by atoms with E-state index in [0.717, 1.165) is 18.5 Å². The van der Waals surface area contributed by atoms with Crippen LogP contribution in [0.5, 0.6) is 5.75 Å². The van der Waals surface area contributed by atoms with Crippen molar-refractivity contribution in [3.05, 3.63) is 89.4 Å². The highest BCUT2D eigenvalue weighted by Gasteiger charge is 2.20. The van der Waals surface area contributed by atoms with Crippen LogP contribution in [0.3, 0.4) is 0 Å². The molecule has 1 fully saturated rings. The SMILES string of the molecule is O=C(NNC(=O)c1ccc(COc2ccccc2)o1)c1ccc(CN2CCCC2=O)cc1. The molecule has 3 amide bonds. The monoisotopic (exact) mass is 433 g/mol. The van der Waals surface area contributed by atoms with Crippen LogP contribution in [0.2, 0.25) is 0 Å². The second-order valence-electron chi connectivity index (χ2n) is 7.39. The van der Waals surface area contributed by atoms with E-state index in [2.05, 4.69) is 10.9 Å². The number of para-hydroxylation sites is 1. The van der Waals surface area contributed by atoms with Crippen molar-refractivity contribution in [1.82, 2.24) is 15.8 Å². The summed E-state index contributed by atoms with van der Waals surface area (Å²) in [6, 6.07) is 19.3. The van der Waals surface area contributed by atoms with E-state index < -0.39 is 11.8 Å². The van der Waals surface area contributed by atoms with E-state index in [0.29, 0.717) is 30.0 Å². The fraction of sp³-hybridized carbons (Fsp3) is 0.208. The van der Waals surface area contributed by atoms with Crippen LogP contribution in [0.25, 0.3) is 0 Å². The third-order valence-corrected chi connectivity index (χ3v) is 5.06. The summed E-state index contributed by atoms with van der Waals surface area (Å²) in [7, 11) is 0. The lowest BCUT2D eigenvalue weighted by molar-refractivity contribution is -0.128. The lowest BCUT2D eigenvalue weighted by atomic mass is 10.1. The van der Waals surface area contributed by atoms with E-state index in [9.17, 15) is 14.4 Å². The highest BCUT2D eigenvalue weighted by atomic mass is 16.5. The van der Waals surface area contributed by atoms with Gasteiger partial charge >= 0.3 is 5.91 Å². The van der Waals surface area contributed by atoms with E-state index in [1.54, 1.807) is 35.2 Å². The van der Waals surface area contributed by atoms with Crippen LogP contribution in [-0.4, -0.2) is 29.2 Å². The number of ether oxygens (including phenoxy) is 1. The van der Waals surface area contributed by atoms with E-state index in [-0.39, 0.29) is 18.3 Å². The topological polar surface area (TPSA) is 101 Å². The largest absolute Gasteiger partial charge is 0.486 e. The van der Waals surface area contributed by atoms with E-state index in [4.69, 9.17) is 9.15 Å². The predicted octanol–water partition coefficient (Wildman–Crippen LogP) is 3.06. The van der Waals surface area contributed by atoms with Gasteiger partial charge in [0.05, 0.1) is 0 Å². The van der Waals surface area contributed by atoms with Crippen LogP contribution in [-0.2, 0) is 17.9 Å². The number of rotatable bonds is 7. The molecular weight excluding hydrogens is 410 g/mol. The first-order valence-electron chi connectivity index (χ1n) is 10.3. The summed E-state index contributed by atoms with van der Waals surface area (Å²) in [6.07, 6.45) is 1.48. The molecule has 0 unspecified atom stereocenters. The molecular formula is C24H23N3O5. The number of nitrogens with one attached hydrogen (secondary N) is 2. The Morgan fingerprint density at radius 1 is 0.938 bits per heavy atom. The molecule has 0 spiro atoms. The zero-order valence-corrected chi connectivity index (χ0v) is 17.4. The number of carbonyl (C=O) groups excluding carboxylic acids is 3. The number of benzene rings is 2. The van der Waals surface area contributed by atoms with Gasteiger partial charge in [-0.1, -0.05) is 30.3 Å². The minimum absolute atomic E-state index is 0.0580. The lowest BCUT2D eigenvalue weighted by Gasteiger charge is -2.15. The van der Waals surface area contributed by atoms with Gasteiger partial charge in [0.25, 0.3) is 5.91 Å². The Labute approximate surface area is 185 Å². The third-order valence-electron chi connectivity index (χ3n) is 5.06. The molecule has 0 aliphatic carbocycles. The lowest BCUT2D eigenvalue weighted by Crippen LogP contribution is -2.41. The molecule has 1 aromatic heterocycles. The first-order chi connectivity index (χ1) is 15.6. The van der Waals surface area contributed by atoms with Gasteiger partial charge in [-0.05, 0) is 48.4 Å². The number of carbonyl (C=O) groups is 3. The van der Waals surface area contributed by atoms with Gasteiger partial charge in [-0.2, -0.15) is 0 Å². The maximum absolute atomic E-state index is 12.3. The van der Waals surface area contributed by atoms with E-state index >= 15 is 0 Å². The van der Waals surface area contributed by atoms with Crippen molar-refractivity contribution in [1.29, 1.82) is 0 Å². The minimum atomic E-state index is -0.575. The van der Waals surface area contributed by atoms with Crippen LogP contribution in [0, 0.1) is 0 Å². The van der Waals surface area contributed by atoms with Gasteiger partial charge < -0.3 is 14.1 Å². The molecule has 164 valence electrons. The molecule has 0 atom stereocenters. The second kappa shape index (κ2) is 9.82. The van der Waals surface area contributed by atoms with Crippen LogP contribution in [0.1, 0.15) is 45.1 Å². The van der Waals surface area contributed by atoms with Gasteiger partial charge in [0.15, 0.2) is 5.76 Å². The number of likely N-dealkylation sites (tertiary alicyclic amines) is 1. The van der Waals surface area contributed by atoms with Crippen molar-refractivity contribution in [2.45, 2.75) is 26.0 Å². The molecule has 8 nitrogen and oxygen atoms in total. The molecule has 2 heterocycles. The fourth-order valence-electron chi connectivity index (χ4n) is 3.35. The highest BCUT2D eigenvalue weighted by molar-refractivity contribution is 5.98. The first kappa shape index (κ1) is 21.2. The first-order valence-corrected chi connectivity index (χ1v) is 10.3. The number of furan rings is 1. The highest BCUT2D eigenvalue weighted by Crippen LogP contribution is 2.15. The molecule has 3 aromatic rings. The standard InChI is InChI=1S/C24H23N3O5/c28-22-7-4-14-27(22)15-17-8-10-18(11-9-17)23(29)25-26-24(30)21-13-12-20(32-21)16-31-19-5-2-1-3-6-19/h1-3,5-6,8-13H,4,7,14-16H2,(H,25,29)(H,26,30). The van der Waals surface area contributed by atoms with Crippen molar-refractivity contribution in [2.24, 2.45) is 0 Å². The second-order valence-corrected chi connectivity index (χ2v) is 7.39. The summed E-state index contributed by atoms with van der Waals surface area (Å²) in [5.74, 6) is 0.359. The molecule has 0 bridgehead atoms. The van der Waals surface area contributed by atoms with Gasteiger partial charge in [0, 0.05) is 25.1 Å². The number of hydrazine groups is 1. The van der Waals surface area contributed by atoms with Crippen LogP contribution in [0.15, 0.2) is 71.1 Å². The molecule has 1 aliphatic heterocycles. The summed E-state index contributed by atoms with van der Waals surface area (Å²) >= 11 is 0. The van der Waals surface area contributed by atoms with E-state index in [1.165, 1.54) is 6.07 Å². The molecule has 2 N–H and O–H groups in total. The van der Waals surface area contributed by atoms with Gasteiger partial charge in [-0.3, -0.25) is 25.2 Å². The Balaban J connectivity index is 1.25. The average Bonchev–Trinajstić information content (AvgIpc) is 3.46. The van der Waals surface area contributed by atoms with Crippen molar-refractivity contribution in [2.75, 3.05) is 6.54 Å². The number of hydrogen-bond acceptors (Lipinski definition) is 5. The Bertz CT molecular complexity index is 1090. The van der Waals surface area contributed by atoms with Gasteiger partial charge in [-0.15, -0.1) is 0 Å². The fourth-order valence-corrected chi connectivity index (χ4v) is 3.35. The normalized spacial score (nSPS) is 13.1. The Kier molecular flexibility index (Phi) is 6.50. The van der Waals surface area contributed by atoms with Crippen molar-refractivity contribution >= 4 is 17.7 Å². The molecule has 0 radical (unpaired) electrons. The van der Waals surface area contributed by atoms with Gasteiger partial charge in [0.2, 0.25) is 5.91 Å². The summed E-state index contributed by atoms with van der Waals surface area (Å²) in [5, 5.41) is 0. The van der Waals surface area contributed by atoms with Crippen LogP contribution >= 0.6 is 0 Å². The molecule has 1 saturated heterocycles. The third kappa shape index (κ3) is 5.34. The van der Waals surface area contributed by atoms with E-state index in [1.807, 2.05) is 30.3 Å². The Hall–Kier alpha value is -4.07. The van der Waals surface area contributed by atoms with Crippen molar-refractivity contribution in [3.63, 3.8) is 0 Å². The molecule has 4 rings (SSSR count). The maximum Gasteiger partial charge on any atom is 0.305 e. The van der Waals surface area contributed by atoms with Crippen LogP contribution < -0.4 is 15.6 Å². The zero-order chi connectivity index (χ0) is 22.3. The molecule has 32 heavy (non-hydrogen) atoms. The summed E-state index contributed by atoms with van der Waals surface area (Å²) in [6.45, 7) is 1.48. The summed E-state index contributed by atoms with van der Waals surface area (Å²) in [4.78, 5) is 38.1. The summed E-state index contributed by atoms with van der Waals surface area (Å²) in [5.41, 5.74) is 6.04. The quantitative estimate of drug-likeness (QED) is 0.558. The van der Waals surface area contributed by atoms with Gasteiger partial charge in [0.1, 0.15) is 18.1 Å². The molecule has 1 aliphatic rings.